The molecule has 0 fully saturated rings. The van der Waals surface area contributed by atoms with E-state index in [4.69, 9.17) is 24.4 Å². The Bertz CT molecular complexity index is 1510. The number of hydrogen-bond donors (Lipinski definition) is 1. The molecule has 0 aliphatic heterocycles. The molecule has 181 valence electrons. The van der Waals surface area contributed by atoms with Crippen LogP contribution in [0, 0.1) is 13.0 Å². The van der Waals surface area contributed by atoms with Gasteiger partial charge in [-0.2, -0.15) is 6.07 Å². The van der Waals surface area contributed by atoms with Crippen molar-refractivity contribution in [2.24, 2.45) is 5.73 Å². The smallest absolute Gasteiger partial charge is 0.407 e. The van der Waals surface area contributed by atoms with Gasteiger partial charge >= 0.3 is 11.7 Å². The molecule has 1 amide bonds. The zero-order chi connectivity index (χ0) is 25.1. The number of ether oxygens (including phenoxy) is 3. The van der Waals surface area contributed by atoms with Gasteiger partial charge in [0.25, 0.3) is 0 Å². The second kappa shape index (κ2) is 11.5. The summed E-state index contributed by atoms with van der Waals surface area (Å²) in [5.74, 6) is 1.07. The summed E-state index contributed by atoms with van der Waals surface area (Å²) in [4.78, 5) is 36.8. The number of aryl methyl sites for hydroxylation is 1. The third-order valence-corrected chi connectivity index (χ3v) is 5.46. The molecule has 0 unspecified atom stereocenters. The Morgan fingerprint density at radius 2 is 1.81 bits per heavy atom. The average Bonchev–Trinajstić information content (AvgIpc) is 2.84. The maximum absolute atomic E-state index is 13.1. The van der Waals surface area contributed by atoms with Gasteiger partial charge < -0.3 is 24.4 Å². The fourth-order valence-electron chi connectivity index (χ4n) is 3.74. The van der Waals surface area contributed by atoms with Crippen molar-refractivity contribution >= 4 is 22.8 Å². The molecule has 0 saturated heterocycles. The predicted molar refractivity (Wildman–Crippen MR) is 129 cm³/mol. The van der Waals surface area contributed by atoms with E-state index in [2.05, 4.69) is 6.07 Å². The fourth-order valence-corrected chi connectivity index (χ4v) is 3.74. The molecule has 0 bridgehead atoms. The van der Waals surface area contributed by atoms with E-state index in [1.807, 2.05) is 24.3 Å². The van der Waals surface area contributed by atoms with Crippen LogP contribution in [-0.4, -0.2) is 26.1 Å². The number of benzene rings is 3. The molecule has 0 saturated carbocycles. The average molecular weight is 561 g/mol. The standard InChI is InChI=1S/C27H22NO7.Y/c1-15-9-18-10-19(26(30)34-25(18)14-24(15)35-27(28)31)13-22(29)17-7-8-23(33-3)21(12-17)16-5-4-6-20(11-16)32-2;/h4-12H,13H2,1-3H3,(H2,28,31);/q-1;. The molecule has 1 radical (unpaired) electrons. The van der Waals surface area contributed by atoms with Crippen LogP contribution in [-0.2, 0) is 39.1 Å². The topological polar surface area (TPSA) is 118 Å². The van der Waals surface area contributed by atoms with Gasteiger partial charge in [-0.25, -0.2) is 9.59 Å². The van der Waals surface area contributed by atoms with Crippen molar-refractivity contribution in [3.63, 3.8) is 0 Å². The normalized spacial score (nSPS) is 10.4. The van der Waals surface area contributed by atoms with Crippen LogP contribution in [0.5, 0.6) is 17.2 Å². The van der Waals surface area contributed by atoms with E-state index in [9.17, 15) is 14.4 Å². The molecular weight excluding hydrogens is 539 g/mol. The van der Waals surface area contributed by atoms with Gasteiger partial charge in [0.15, 0.2) is 5.78 Å². The van der Waals surface area contributed by atoms with Crippen molar-refractivity contribution in [1.29, 1.82) is 0 Å². The minimum atomic E-state index is -0.999. The zero-order valence-corrected chi connectivity index (χ0v) is 22.8. The monoisotopic (exact) mass is 561 g/mol. The van der Waals surface area contributed by atoms with Crippen molar-refractivity contribution in [3.8, 4) is 28.4 Å². The maximum atomic E-state index is 13.1. The summed E-state index contributed by atoms with van der Waals surface area (Å²) in [5.41, 5.74) is 7.18. The molecule has 1 aromatic heterocycles. The Morgan fingerprint density at radius 1 is 1.03 bits per heavy atom. The Balaban J connectivity index is 0.00000361. The molecule has 0 aliphatic rings. The number of carbonyl (C=O) groups is 2. The van der Waals surface area contributed by atoms with Crippen molar-refractivity contribution in [2.75, 3.05) is 14.2 Å². The van der Waals surface area contributed by atoms with Gasteiger partial charge in [-0.05, 0) is 35.9 Å². The summed E-state index contributed by atoms with van der Waals surface area (Å²) in [6.07, 6.45) is -1.16. The van der Waals surface area contributed by atoms with Gasteiger partial charge in [0, 0.05) is 67.2 Å². The molecule has 4 rings (SSSR count). The molecule has 2 N–H and O–H groups in total. The molecule has 9 heteroatoms. The minimum Gasteiger partial charge on any atom is -0.497 e. The molecule has 4 aromatic rings. The van der Waals surface area contributed by atoms with Crippen LogP contribution >= 0.6 is 0 Å². The number of primary amides is 1. The van der Waals surface area contributed by atoms with Crippen LogP contribution in [0.15, 0.2) is 63.8 Å². The molecule has 0 spiro atoms. The van der Waals surface area contributed by atoms with E-state index >= 15 is 0 Å². The van der Waals surface area contributed by atoms with Crippen LogP contribution in [0.2, 0.25) is 0 Å². The van der Waals surface area contributed by atoms with Gasteiger partial charge in [-0.15, -0.1) is 5.56 Å². The SMILES string of the molecule is COc1cccc(-c2cc(C(=O)Cc3cc4cc(C)c(OC(N)=O)[c-]c4oc3=O)ccc2OC)c1.[Y]. The number of Topliss-reactive ketones (excluding diaryl/α,β-unsaturated/α-hetero) is 1. The fraction of sp³-hybridized carbons (Fsp3) is 0.148. The van der Waals surface area contributed by atoms with Crippen molar-refractivity contribution in [3.05, 3.63) is 87.8 Å². The quantitative estimate of drug-likeness (QED) is 0.201. The Hall–Kier alpha value is -3.49. The van der Waals surface area contributed by atoms with Crippen molar-refractivity contribution in [2.45, 2.75) is 13.3 Å². The predicted octanol–water partition coefficient (Wildman–Crippen LogP) is 4.47. The summed E-state index contributed by atoms with van der Waals surface area (Å²) in [6, 6.07) is 18.5. The molecule has 36 heavy (non-hydrogen) atoms. The second-order valence-corrected chi connectivity index (χ2v) is 7.79. The van der Waals surface area contributed by atoms with Gasteiger partial charge in [-0.3, -0.25) is 4.79 Å². The molecule has 3 aromatic carbocycles. The Kier molecular flexibility index (Phi) is 8.66. The third-order valence-electron chi connectivity index (χ3n) is 5.46. The minimum absolute atomic E-state index is 0. The summed E-state index contributed by atoms with van der Waals surface area (Å²) in [7, 11) is 3.13. The first-order chi connectivity index (χ1) is 16.8. The van der Waals surface area contributed by atoms with E-state index in [1.54, 1.807) is 51.5 Å². The summed E-state index contributed by atoms with van der Waals surface area (Å²) in [6.45, 7) is 1.70. The molecule has 0 atom stereocenters. The number of fused-ring (bicyclic) bond motifs is 1. The van der Waals surface area contributed by atoms with Crippen LogP contribution in [0.25, 0.3) is 22.1 Å². The first-order valence-electron chi connectivity index (χ1n) is 10.6. The van der Waals surface area contributed by atoms with E-state index in [0.717, 1.165) is 11.1 Å². The van der Waals surface area contributed by atoms with E-state index in [-0.39, 0.29) is 61.8 Å². The van der Waals surface area contributed by atoms with Gasteiger partial charge in [0.2, 0.25) is 0 Å². The molecular formula is C27H22NO7Y-. The molecule has 1 heterocycles. The Morgan fingerprint density at radius 3 is 2.50 bits per heavy atom. The molecule has 0 aliphatic carbocycles. The number of carbonyl (C=O) groups excluding carboxylic acids is 2. The maximum Gasteiger partial charge on any atom is 0.407 e. The number of amides is 1. The number of nitrogens with two attached hydrogens (primary N) is 1. The summed E-state index contributed by atoms with van der Waals surface area (Å²) >= 11 is 0. The second-order valence-electron chi connectivity index (χ2n) is 7.79. The van der Waals surface area contributed by atoms with Crippen molar-refractivity contribution in [1.82, 2.24) is 0 Å². The zero-order valence-electron chi connectivity index (χ0n) is 19.9. The van der Waals surface area contributed by atoms with Gasteiger partial charge in [0.05, 0.1) is 14.2 Å². The first-order valence-corrected chi connectivity index (χ1v) is 10.6. The van der Waals surface area contributed by atoms with Crippen LogP contribution in [0.4, 0.5) is 4.79 Å². The molecule has 8 nitrogen and oxygen atoms in total. The Labute approximate surface area is 232 Å². The van der Waals surface area contributed by atoms with E-state index < -0.39 is 11.7 Å². The third kappa shape index (κ3) is 5.83. The van der Waals surface area contributed by atoms with Gasteiger partial charge in [0.1, 0.15) is 11.5 Å². The first kappa shape index (κ1) is 27.1. The van der Waals surface area contributed by atoms with Gasteiger partial charge in [-0.1, -0.05) is 36.6 Å². The number of ketones is 1. The summed E-state index contributed by atoms with van der Waals surface area (Å²) in [5, 5.41) is 0.536. The van der Waals surface area contributed by atoms with E-state index in [1.165, 1.54) is 0 Å². The number of hydrogen-bond acceptors (Lipinski definition) is 7. The van der Waals surface area contributed by atoms with Crippen LogP contribution in [0.3, 0.4) is 0 Å². The van der Waals surface area contributed by atoms with Crippen molar-refractivity contribution < 1.29 is 60.9 Å². The van der Waals surface area contributed by atoms with Crippen LogP contribution in [0.1, 0.15) is 21.5 Å². The van der Waals surface area contributed by atoms with E-state index in [0.29, 0.717) is 28.0 Å². The largest absolute Gasteiger partial charge is 0.497 e. The van der Waals surface area contributed by atoms with Crippen LogP contribution < -0.4 is 25.6 Å². The number of rotatable bonds is 7. The number of methoxy groups -OCH3 is 2. The summed E-state index contributed by atoms with van der Waals surface area (Å²) < 4.78 is 21.0.